The molecule has 0 unspecified atom stereocenters. The number of anilines is 1. The van der Waals surface area contributed by atoms with Crippen LogP contribution in [0.3, 0.4) is 0 Å². The molecule has 5 N–H and O–H groups in total. The Morgan fingerprint density at radius 1 is 1.50 bits per heavy atom. The lowest BCUT2D eigenvalue weighted by Crippen LogP contribution is -2.44. The highest BCUT2D eigenvalue weighted by molar-refractivity contribution is 5.94. The fourth-order valence-electron chi connectivity index (χ4n) is 2.97. The van der Waals surface area contributed by atoms with Gasteiger partial charge < -0.3 is 35.1 Å². The first-order valence-electron chi connectivity index (χ1n) is 7.39. The van der Waals surface area contributed by atoms with Gasteiger partial charge in [0.15, 0.2) is 6.23 Å². The number of aliphatic hydroxyl groups is 3. The Hall–Kier alpha value is -2.20. The highest BCUT2D eigenvalue weighted by Crippen LogP contribution is 2.40. The zero-order chi connectivity index (χ0) is 17.5. The van der Waals surface area contributed by atoms with Crippen molar-refractivity contribution in [2.24, 2.45) is 0 Å². The predicted octanol–water partition coefficient (Wildman–Crippen LogP) is -0.368. The topological polar surface area (TPSA) is 136 Å². The molecule has 3 rings (SSSR count). The van der Waals surface area contributed by atoms with E-state index in [0.29, 0.717) is 16.6 Å². The first-order valence-corrected chi connectivity index (χ1v) is 7.39. The fourth-order valence-corrected chi connectivity index (χ4v) is 2.97. The van der Waals surface area contributed by atoms with Gasteiger partial charge in [0.25, 0.3) is 0 Å². The molecule has 0 saturated carbocycles. The number of nitrogens with two attached hydrogens (primary N) is 1. The van der Waals surface area contributed by atoms with E-state index in [-0.39, 0.29) is 5.82 Å². The van der Waals surface area contributed by atoms with Crippen LogP contribution in [0.15, 0.2) is 18.8 Å². The van der Waals surface area contributed by atoms with E-state index in [2.05, 4.69) is 9.97 Å². The maximum atomic E-state index is 10.7. The number of ether oxygens (including phenoxy) is 2. The summed E-state index contributed by atoms with van der Waals surface area (Å²) in [5.41, 5.74) is 5.45. The minimum absolute atomic E-state index is 0.270. The number of aliphatic hydroxyl groups excluding tert-OH is 2. The fraction of sp³-hybridized carbons (Fsp3) is 0.467. The average molecular weight is 336 g/mol. The van der Waals surface area contributed by atoms with Gasteiger partial charge in [-0.3, -0.25) is 0 Å². The Balaban J connectivity index is 2.17. The minimum atomic E-state index is -1.62. The molecule has 0 aliphatic carbocycles. The van der Waals surface area contributed by atoms with Crippen molar-refractivity contribution < 1.29 is 24.8 Å². The number of rotatable bonds is 4. The summed E-state index contributed by atoms with van der Waals surface area (Å²) in [6, 6.07) is 0. The standard InChI is InChI=1S/C15H20N4O5/c1-15(22)11(21)9(6-20)24-14(15)19-5-8(3-4-23-2)10-12(16)17-7-18-13(10)19/h3-5,7,9,11,14,20-22H,6H2,1-2H3,(H2,16,17,18)/t9-,11-,14-,15-/m1/s1. The highest BCUT2D eigenvalue weighted by atomic mass is 16.6. The van der Waals surface area contributed by atoms with Gasteiger partial charge in [0.05, 0.1) is 25.4 Å². The SMILES string of the molecule is COC=Cc1cn([C@@H]2O[C@H](CO)[C@@H](O)[C@@]2(C)O)c2ncnc(N)c12. The van der Waals surface area contributed by atoms with Crippen LogP contribution in [0.5, 0.6) is 0 Å². The van der Waals surface area contributed by atoms with Crippen molar-refractivity contribution in [1.82, 2.24) is 14.5 Å². The summed E-state index contributed by atoms with van der Waals surface area (Å²) in [5, 5.41) is 30.8. The van der Waals surface area contributed by atoms with E-state index < -0.39 is 30.6 Å². The summed E-state index contributed by atoms with van der Waals surface area (Å²) in [4.78, 5) is 8.20. The van der Waals surface area contributed by atoms with Crippen molar-refractivity contribution in [3.05, 3.63) is 24.3 Å². The first-order chi connectivity index (χ1) is 11.4. The van der Waals surface area contributed by atoms with Crippen LogP contribution in [0.25, 0.3) is 17.1 Å². The molecule has 9 heteroatoms. The number of fused-ring (bicyclic) bond motifs is 1. The third kappa shape index (κ3) is 2.42. The van der Waals surface area contributed by atoms with Gasteiger partial charge in [-0.05, 0) is 13.0 Å². The van der Waals surface area contributed by atoms with Gasteiger partial charge in [0.1, 0.15) is 35.6 Å². The van der Waals surface area contributed by atoms with Gasteiger partial charge in [0, 0.05) is 11.8 Å². The number of nitrogens with zero attached hydrogens (tertiary/aromatic N) is 3. The first kappa shape index (κ1) is 16.7. The molecule has 2 aromatic rings. The molecule has 0 amide bonds. The summed E-state index contributed by atoms with van der Waals surface area (Å²) in [5.74, 6) is 0.270. The van der Waals surface area contributed by atoms with Crippen molar-refractivity contribution >= 4 is 22.9 Å². The number of hydrogen-bond acceptors (Lipinski definition) is 8. The molecule has 4 atom stereocenters. The summed E-state index contributed by atoms with van der Waals surface area (Å²) in [6.45, 7) is 1.03. The van der Waals surface area contributed by atoms with Crippen LogP contribution in [-0.2, 0) is 9.47 Å². The Morgan fingerprint density at radius 2 is 2.25 bits per heavy atom. The lowest BCUT2D eigenvalue weighted by atomic mass is 9.96. The molecular weight excluding hydrogens is 316 g/mol. The number of methoxy groups -OCH3 is 1. The normalized spacial score (nSPS) is 30.5. The second-order valence-corrected chi connectivity index (χ2v) is 5.87. The Kier molecular flexibility index (Phi) is 4.18. The van der Waals surface area contributed by atoms with E-state index in [4.69, 9.17) is 15.2 Å². The molecule has 1 aliphatic rings. The summed E-state index contributed by atoms with van der Waals surface area (Å²) < 4.78 is 12.2. The van der Waals surface area contributed by atoms with Gasteiger partial charge in [0.2, 0.25) is 0 Å². The maximum absolute atomic E-state index is 10.7. The van der Waals surface area contributed by atoms with Crippen molar-refractivity contribution in [2.75, 3.05) is 19.5 Å². The second-order valence-electron chi connectivity index (χ2n) is 5.87. The zero-order valence-electron chi connectivity index (χ0n) is 13.3. The molecule has 0 radical (unpaired) electrons. The van der Waals surface area contributed by atoms with Crippen molar-refractivity contribution in [2.45, 2.75) is 31.0 Å². The Bertz CT molecular complexity index is 773. The van der Waals surface area contributed by atoms with Gasteiger partial charge in [-0.15, -0.1) is 0 Å². The Morgan fingerprint density at radius 3 is 2.88 bits per heavy atom. The zero-order valence-corrected chi connectivity index (χ0v) is 13.3. The maximum Gasteiger partial charge on any atom is 0.167 e. The van der Waals surface area contributed by atoms with E-state index in [9.17, 15) is 15.3 Å². The average Bonchev–Trinajstić information content (AvgIpc) is 3.02. The van der Waals surface area contributed by atoms with Crippen LogP contribution in [0, 0.1) is 0 Å². The van der Waals surface area contributed by atoms with Crippen LogP contribution in [0.1, 0.15) is 18.7 Å². The largest absolute Gasteiger partial charge is 0.504 e. The van der Waals surface area contributed by atoms with Crippen LogP contribution >= 0.6 is 0 Å². The van der Waals surface area contributed by atoms with Crippen LogP contribution in [-0.4, -0.2) is 61.4 Å². The molecule has 0 aromatic carbocycles. The molecule has 24 heavy (non-hydrogen) atoms. The van der Waals surface area contributed by atoms with Gasteiger partial charge in [-0.2, -0.15) is 0 Å². The summed E-state index contributed by atoms with van der Waals surface area (Å²) >= 11 is 0. The van der Waals surface area contributed by atoms with Crippen molar-refractivity contribution in [3.8, 4) is 0 Å². The Labute approximate surface area is 138 Å². The molecule has 3 heterocycles. The molecule has 9 nitrogen and oxygen atoms in total. The van der Waals surface area contributed by atoms with Crippen LogP contribution in [0.4, 0.5) is 5.82 Å². The monoisotopic (exact) mass is 336 g/mol. The molecule has 0 spiro atoms. The van der Waals surface area contributed by atoms with Gasteiger partial charge in [-0.25, -0.2) is 9.97 Å². The molecular formula is C15H20N4O5. The number of hydrogen-bond donors (Lipinski definition) is 4. The molecule has 1 fully saturated rings. The van der Waals surface area contributed by atoms with Crippen molar-refractivity contribution in [3.63, 3.8) is 0 Å². The predicted molar refractivity (Wildman–Crippen MR) is 85.6 cm³/mol. The van der Waals surface area contributed by atoms with Gasteiger partial charge >= 0.3 is 0 Å². The smallest absolute Gasteiger partial charge is 0.167 e. The second kappa shape index (κ2) is 6.02. The van der Waals surface area contributed by atoms with E-state index in [0.717, 1.165) is 0 Å². The number of nitrogen functional groups attached to an aromatic ring is 1. The molecule has 2 aromatic heterocycles. The van der Waals surface area contributed by atoms with Crippen LogP contribution in [0.2, 0.25) is 0 Å². The van der Waals surface area contributed by atoms with E-state index in [1.54, 1.807) is 16.8 Å². The van der Waals surface area contributed by atoms with Crippen molar-refractivity contribution in [1.29, 1.82) is 0 Å². The third-order valence-electron chi connectivity index (χ3n) is 4.24. The lowest BCUT2D eigenvalue weighted by molar-refractivity contribution is -0.0948. The minimum Gasteiger partial charge on any atom is -0.504 e. The van der Waals surface area contributed by atoms with Crippen LogP contribution < -0.4 is 5.73 Å². The molecule has 130 valence electrons. The van der Waals surface area contributed by atoms with E-state index in [1.807, 2.05) is 0 Å². The number of aromatic nitrogens is 3. The van der Waals surface area contributed by atoms with Gasteiger partial charge in [-0.1, -0.05) is 0 Å². The summed E-state index contributed by atoms with van der Waals surface area (Å²) in [6.07, 6.45) is 3.04. The highest BCUT2D eigenvalue weighted by Gasteiger charge is 2.53. The summed E-state index contributed by atoms with van der Waals surface area (Å²) in [7, 11) is 1.52. The third-order valence-corrected chi connectivity index (χ3v) is 4.24. The molecule has 0 bridgehead atoms. The van der Waals surface area contributed by atoms with E-state index >= 15 is 0 Å². The quantitative estimate of drug-likeness (QED) is 0.555. The van der Waals surface area contributed by atoms with E-state index in [1.165, 1.54) is 26.6 Å². The molecule has 1 saturated heterocycles. The lowest BCUT2D eigenvalue weighted by Gasteiger charge is -2.27. The molecule has 1 aliphatic heterocycles.